The van der Waals surface area contributed by atoms with Crippen LogP contribution in [0.5, 0.6) is 0 Å². The Morgan fingerprint density at radius 2 is 2.56 bits per heavy atom. The van der Waals surface area contributed by atoms with E-state index >= 15 is 0 Å². The van der Waals surface area contributed by atoms with E-state index in [1.807, 2.05) is 0 Å². The maximum absolute atomic E-state index is 3.87. The van der Waals surface area contributed by atoms with Crippen molar-refractivity contribution < 1.29 is 0 Å². The van der Waals surface area contributed by atoms with Crippen LogP contribution in [0.1, 0.15) is 5.56 Å². The Balaban J connectivity index is 2.53. The van der Waals surface area contributed by atoms with Crippen LogP contribution in [0.4, 0.5) is 5.82 Å². The minimum Gasteiger partial charge on any atom is -0.366 e. The number of fused-ring (bicyclic) bond motifs is 1. The van der Waals surface area contributed by atoms with Crippen LogP contribution in [0.25, 0.3) is 6.08 Å². The topological polar surface area (TPSA) is 40.7 Å². The van der Waals surface area contributed by atoms with Gasteiger partial charge in [0, 0.05) is 12.1 Å². The van der Waals surface area contributed by atoms with Gasteiger partial charge >= 0.3 is 0 Å². The average Bonchev–Trinajstić information content (AvgIpc) is 2.33. The van der Waals surface area contributed by atoms with Gasteiger partial charge in [0.05, 0.1) is 6.20 Å². The van der Waals surface area contributed by atoms with Gasteiger partial charge in [-0.25, -0.2) is 0 Å². The highest BCUT2D eigenvalue weighted by Crippen LogP contribution is 2.15. The average molecular weight is 121 g/mol. The third-order valence-electron chi connectivity index (χ3n) is 1.36. The monoisotopic (exact) mass is 121 g/mol. The van der Waals surface area contributed by atoms with E-state index < -0.39 is 0 Å². The number of hydrogen-bond donors (Lipinski definition) is 2. The molecule has 0 fully saturated rings. The van der Waals surface area contributed by atoms with Crippen molar-refractivity contribution in [3.63, 3.8) is 0 Å². The highest BCUT2D eigenvalue weighted by molar-refractivity contribution is 5.65. The first kappa shape index (κ1) is 4.61. The SMILES string of the molecule is C1=Cc2cn[nH]c2NC1. The molecular weight excluding hydrogens is 114 g/mol. The van der Waals surface area contributed by atoms with Gasteiger partial charge in [0.15, 0.2) is 0 Å². The molecular formula is C6H7N3. The van der Waals surface area contributed by atoms with Crippen molar-refractivity contribution >= 4 is 11.9 Å². The lowest BCUT2D eigenvalue weighted by Crippen LogP contribution is -2.02. The third kappa shape index (κ3) is 0.614. The Kier molecular flexibility index (Phi) is 0.828. The summed E-state index contributed by atoms with van der Waals surface area (Å²) in [4.78, 5) is 0. The van der Waals surface area contributed by atoms with Crippen LogP contribution in [0.2, 0.25) is 0 Å². The summed E-state index contributed by atoms with van der Waals surface area (Å²) in [6, 6.07) is 0. The predicted molar refractivity (Wildman–Crippen MR) is 36.1 cm³/mol. The molecule has 0 spiro atoms. The molecule has 1 aliphatic heterocycles. The standard InChI is InChI=1S/C6H7N3/c1-2-5-4-8-9-6(5)7-3-1/h1-2,4H,3H2,(H2,7,8,9). The number of rotatable bonds is 0. The van der Waals surface area contributed by atoms with Gasteiger partial charge in [-0.1, -0.05) is 12.2 Å². The van der Waals surface area contributed by atoms with Crippen LogP contribution in [0.3, 0.4) is 0 Å². The third-order valence-corrected chi connectivity index (χ3v) is 1.36. The van der Waals surface area contributed by atoms with E-state index in [0.29, 0.717) is 0 Å². The molecule has 9 heavy (non-hydrogen) atoms. The van der Waals surface area contributed by atoms with Crippen molar-refractivity contribution in [1.82, 2.24) is 10.2 Å². The molecule has 0 aromatic carbocycles. The largest absolute Gasteiger partial charge is 0.366 e. The molecule has 46 valence electrons. The minimum absolute atomic E-state index is 0.898. The van der Waals surface area contributed by atoms with Crippen molar-refractivity contribution in [2.45, 2.75) is 0 Å². The Morgan fingerprint density at radius 3 is 3.44 bits per heavy atom. The molecule has 0 unspecified atom stereocenters. The van der Waals surface area contributed by atoms with Crippen LogP contribution in [-0.2, 0) is 0 Å². The molecule has 1 aromatic rings. The molecule has 0 saturated carbocycles. The molecule has 0 amide bonds. The number of H-pyrrole nitrogens is 1. The van der Waals surface area contributed by atoms with Gasteiger partial charge < -0.3 is 5.32 Å². The number of nitrogens with zero attached hydrogens (tertiary/aromatic N) is 1. The summed E-state index contributed by atoms with van der Waals surface area (Å²) in [6.07, 6.45) is 5.92. The highest BCUT2D eigenvalue weighted by atomic mass is 15.2. The van der Waals surface area contributed by atoms with E-state index in [1.165, 1.54) is 0 Å². The lowest BCUT2D eigenvalue weighted by molar-refractivity contribution is 1.08. The van der Waals surface area contributed by atoms with Gasteiger partial charge in [0.2, 0.25) is 0 Å². The number of nitrogens with one attached hydrogen (secondary N) is 2. The van der Waals surface area contributed by atoms with Crippen molar-refractivity contribution in [2.24, 2.45) is 0 Å². The fraction of sp³-hybridized carbons (Fsp3) is 0.167. The smallest absolute Gasteiger partial charge is 0.129 e. The molecule has 0 radical (unpaired) electrons. The predicted octanol–water partition coefficient (Wildman–Crippen LogP) is 0.848. The van der Waals surface area contributed by atoms with Gasteiger partial charge in [-0.15, -0.1) is 0 Å². The summed E-state index contributed by atoms with van der Waals surface area (Å²) in [5.74, 6) is 1.03. The fourth-order valence-electron chi connectivity index (χ4n) is 0.910. The van der Waals surface area contributed by atoms with Gasteiger partial charge in [0.1, 0.15) is 5.82 Å². The number of anilines is 1. The maximum Gasteiger partial charge on any atom is 0.129 e. The van der Waals surface area contributed by atoms with Crippen molar-refractivity contribution in [3.05, 3.63) is 17.8 Å². The summed E-state index contributed by atoms with van der Waals surface area (Å²) in [7, 11) is 0. The zero-order valence-corrected chi connectivity index (χ0v) is 4.89. The summed E-state index contributed by atoms with van der Waals surface area (Å²) in [5, 5.41) is 9.85. The van der Waals surface area contributed by atoms with Gasteiger partial charge in [0.25, 0.3) is 0 Å². The Bertz CT molecular complexity index is 236. The number of hydrogen-bond acceptors (Lipinski definition) is 2. The van der Waals surface area contributed by atoms with Crippen LogP contribution in [0, 0.1) is 0 Å². The Morgan fingerprint density at radius 1 is 1.56 bits per heavy atom. The molecule has 2 N–H and O–H groups in total. The Hall–Kier alpha value is -1.25. The molecule has 1 aliphatic rings. The first-order valence-corrected chi connectivity index (χ1v) is 2.90. The van der Waals surface area contributed by atoms with Crippen LogP contribution in [-0.4, -0.2) is 16.7 Å². The second-order valence-corrected chi connectivity index (χ2v) is 1.98. The van der Waals surface area contributed by atoms with E-state index in [2.05, 4.69) is 27.7 Å². The van der Waals surface area contributed by atoms with Gasteiger partial charge in [-0.05, 0) is 0 Å². The van der Waals surface area contributed by atoms with Crippen LogP contribution >= 0.6 is 0 Å². The number of aromatic amines is 1. The second kappa shape index (κ2) is 1.62. The van der Waals surface area contributed by atoms with Gasteiger partial charge in [-0.2, -0.15) is 5.10 Å². The highest BCUT2D eigenvalue weighted by Gasteiger charge is 2.02. The summed E-state index contributed by atoms with van der Waals surface area (Å²) in [5.41, 5.74) is 1.14. The van der Waals surface area contributed by atoms with Crippen molar-refractivity contribution in [1.29, 1.82) is 0 Å². The van der Waals surface area contributed by atoms with E-state index in [-0.39, 0.29) is 0 Å². The normalized spacial score (nSPS) is 14.7. The lowest BCUT2D eigenvalue weighted by atomic mass is 10.2. The minimum atomic E-state index is 0.898. The molecule has 2 heterocycles. The summed E-state index contributed by atoms with van der Waals surface area (Å²) >= 11 is 0. The molecule has 2 rings (SSSR count). The second-order valence-electron chi connectivity index (χ2n) is 1.98. The molecule has 3 nitrogen and oxygen atoms in total. The van der Waals surface area contributed by atoms with Crippen LogP contribution < -0.4 is 5.32 Å². The zero-order valence-electron chi connectivity index (χ0n) is 4.89. The first-order chi connectivity index (χ1) is 4.47. The molecule has 3 heteroatoms. The summed E-state index contributed by atoms with van der Waals surface area (Å²) < 4.78 is 0. The van der Waals surface area contributed by atoms with Crippen molar-refractivity contribution in [3.8, 4) is 0 Å². The summed E-state index contributed by atoms with van der Waals surface area (Å²) in [6.45, 7) is 0.898. The first-order valence-electron chi connectivity index (χ1n) is 2.90. The van der Waals surface area contributed by atoms with E-state index in [0.717, 1.165) is 17.9 Å². The molecule has 0 saturated heterocycles. The van der Waals surface area contributed by atoms with Crippen molar-refractivity contribution in [2.75, 3.05) is 11.9 Å². The quantitative estimate of drug-likeness (QED) is 0.534. The number of aromatic nitrogens is 2. The zero-order chi connectivity index (χ0) is 6.10. The van der Waals surface area contributed by atoms with Gasteiger partial charge in [-0.3, -0.25) is 5.10 Å². The van der Waals surface area contributed by atoms with Crippen LogP contribution in [0.15, 0.2) is 12.3 Å². The Labute approximate surface area is 52.8 Å². The molecule has 0 aliphatic carbocycles. The van der Waals surface area contributed by atoms with E-state index in [1.54, 1.807) is 6.20 Å². The molecule has 0 bridgehead atoms. The molecule has 0 atom stereocenters. The lowest BCUT2D eigenvalue weighted by Gasteiger charge is -2.04. The fourth-order valence-corrected chi connectivity index (χ4v) is 0.910. The maximum atomic E-state index is 3.87. The van der Waals surface area contributed by atoms with E-state index in [9.17, 15) is 0 Å². The van der Waals surface area contributed by atoms with E-state index in [4.69, 9.17) is 0 Å². The molecule has 1 aromatic heterocycles.